The molecule has 47 heavy (non-hydrogen) atoms. The summed E-state index contributed by atoms with van der Waals surface area (Å²) in [7, 11) is 0. The third-order valence-corrected chi connectivity index (χ3v) is 9.58. The van der Waals surface area contributed by atoms with E-state index in [1.165, 1.54) is 5.56 Å². The summed E-state index contributed by atoms with van der Waals surface area (Å²) in [4.78, 5) is 1.79. The summed E-state index contributed by atoms with van der Waals surface area (Å²) in [6, 6.07) is 43.5. The lowest BCUT2D eigenvalue weighted by atomic mass is 9.81. The van der Waals surface area contributed by atoms with Crippen LogP contribution in [0.15, 0.2) is 168 Å². The highest BCUT2D eigenvalue weighted by Gasteiger charge is 2.36. The van der Waals surface area contributed by atoms with Gasteiger partial charge in [0.1, 0.15) is 11.2 Å². The highest BCUT2D eigenvalue weighted by molar-refractivity contribution is 6.09. The van der Waals surface area contributed by atoms with Crippen LogP contribution in [0.4, 0.5) is 17.1 Å². The van der Waals surface area contributed by atoms with Gasteiger partial charge in [0, 0.05) is 38.8 Å². The summed E-state index contributed by atoms with van der Waals surface area (Å²) in [6.45, 7) is 4.44. The van der Waals surface area contributed by atoms with Crippen molar-refractivity contribution in [3.8, 4) is 33.4 Å². The van der Waals surface area contributed by atoms with E-state index >= 15 is 0 Å². The Balaban J connectivity index is 1.18. The summed E-state index contributed by atoms with van der Waals surface area (Å²) >= 11 is 0. The van der Waals surface area contributed by atoms with E-state index in [0.717, 1.165) is 60.9 Å². The SMILES string of the molecule is [2H]c1c([2H])c([2H])c(N(c2ccc(-c3ccccc3)cc2)c2ccc3c(c2)C(C)(C)c2cc(-c4cccc5c4oc4ccccc45)ccc2-3)c([2H])c1[2H]. The van der Waals surface area contributed by atoms with Crippen LogP contribution in [-0.2, 0) is 5.41 Å². The van der Waals surface area contributed by atoms with Gasteiger partial charge in [-0.05, 0) is 87.4 Å². The number of furan rings is 1. The fourth-order valence-corrected chi connectivity index (χ4v) is 7.20. The number of fused-ring (bicyclic) bond motifs is 6. The van der Waals surface area contributed by atoms with Crippen LogP contribution in [0, 0.1) is 0 Å². The minimum absolute atomic E-state index is 0.105. The highest BCUT2D eigenvalue weighted by Crippen LogP contribution is 2.52. The van der Waals surface area contributed by atoms with E-state index in [1.54, 1.807) is 4.90 Å². The molecule has 2 heteroatoms. The number of benzene rings is 7. The van der Waals surface area contributed by atoms with Crippen molar-refractivity contribution in [3.63, 3.8) is 0 Å². The summed E-state index contributed by atoms with van der Waals surface area (Å²) in [5, 5.41) is 2.18. The van der Waals surface area contributed by atoms with E-state index in [9.17, 15) is 0 Å². The van der Waals surface area contributed by atoms with Crippen LogP contribution < -0.4 is 4.90 Å². The molecule has 0 aliphatic heterocycles. The van der Waals surface area contributed by atoms with Gasteiger partial charge >= 0.3 is 0 Å². The van der Waals surface area contributed by atoms with Gasteiger partial charge in [0.25, 0.3) is 0 Å². The number of rotatable bonds is 5. The minimum Gasteiger partial charge on any atom is -0.455 e. The molecule has 0 amide bonds. The molecule has 8 aromatic rings. The Morgan fingerprint density at radius 3 is 1.96 bits per heavy atom. The van der Waals surface area contributed by atoms with E-state index in [0.29, 0.717) is 11.4 Å². The average Bonchev–Trinajstić information content (AvgIpc) is 3.67. The van der Waals surface area contributed by atoms with Crippen LogP contribution in [0.3, 0.4) is 0 Å². The van der Waals surface area contributed by atoms with Gasteiger partial charge in [-0.25, -0.2) is 0 Å². The van der Waals surface area contributed by atoms with Gasteiger partial charge in [-0.3, -0.25) is 0 Å². The van der Waals surface area contributed by atoms with Gasteiger partial charge in [-0.2, -0.15) is 0 Å². The second-order valence-electron chi connectivity index (χ2n) is 12.6. The first kappa shape index (κ1) is 22.6. The Morgan fingerprint density at radius 2 is 1.15 bits per heavy atom. The molecule has 2 nitrogen and oxygen atoms in total. The van der Waals surface area contributed by atoms with E-state index in [4.69, 9.17) is 11.3 Å². The Labute approximate surface area is 282 Å². The zero-order valence-corrected chi connectivity index (χ0v) is 26.1. The van der Waals surface area contributed by atoms with Gasteiger partial charge in [0.05, 0.1) is 6.85 Å². The molecular weight excluding hydrogens is 571 g/mol. The van der Waals surface area contributed by atoms with Crippen molar-refractivity contribution in [1.29, 1.82) is 0 Å². The highest BCUT2D eigenvalue weighted by atomic mass is 16.3. The van der Waals surface area contributed by atoms with E-state index in [1.807, 2.05) is 78.9 Å². The lowest BCUT2D eigenvalue weighted by Gasteiger charge is -2.28. The molecule has 7 aromatic carbocycles. The van der Waals surface area contributed by atoms with Gasteiger partial charge in [0.2, 0.25) is 0 Å². The van der Waals surface area contributed by atoms with Gasteiger partial charge < -0.3 is 9.32 Å². The molecule has 0 atom stereocenters. The van der Waals surface area contributed by atoms with Crippen LogP contribution in [0.2, 0.25) is 0 Å². The molecule has 0 saturated carbocycles. The van der Waals surface area contributed by atoms with Crippen LogP contribution in [0.25, 0.3) is 55.3 Å². The lowest BCUT2D eigenvalue weighted by Crippen LogP contribution is -2.16. The molecule has 224 valence electrons. The maximum atomic E-state index is 8.95. The summed E-state index contributed by atoms with van der Waals surface area (Å²) in [5.41, 5.74) is 11.6. The maximum Gasteiger partial charge on any atom is 0.143 e. The maximum absolute atomic E-state index is 8.95. The van der Waals surface area contributed by atoms with Gasteiger partial charge in [0.15, 0.2) is 0 Å². The Morgan fingerprint density at radius 1 is 0.511 bits per heavy atom. The molecule has 0 spiro atoms. The molecule has 1 heterocycles. The fourth-order valence-electron chi connectivity index (χ4n) is 7.20. The molecule has 1 aliphatic carbocycles. The third kappa shape index (κ3) is 4.40. The van der Waals surface area contributed by atoms with Crippen molar-refractivity contribution in [3.05, 3.63) is 175 Å². The van der Waals surface area contributed by atoms with Crippen molar-refractivity contribution < 1.29 is 11.3 Å². The molecule has 0 saturated heterocycles. The van der Waals surface area contributed by atoms with Crippen molar-refractivity contribution in [1.82, 2.24) is 0 Å². The summed E-state index contributed by atoms with van der Waals surface area (Å²) in [5.74, 6) is 0. The topological polar surface area (TPSA) is 16.4 Å². The molecule has 9 rings (SSSR count). The number of hydrogen-bond acceptors (Lipinski definition) is 2. The zero-order chi connectivity index (χ0) is 35.9. The largest absolute Gasteiger partial charge is 0.455 e. The van der Waals surface area contributed by atoms with Crippen LogP contribution in [0.5, 0.6) is 0 Å². The average molecular weight is 609 g/mol. The Hall–Kier alpha value is -5.86. The lowest BCUT2D eigenvalue weighted by molar-refractivity contribution is 0.660. The predicted octanol–water partition coefficient (Wildman–Crippen LogP) is 12.7. The molecule has 1 aromatic heterocycles. The molecule has 0 unspecified atom stereocenters. The predicted molar refractivity (Wildman–Crippen MR) is 197 cm³/mol. The molecule has 0 bridgehead atoms. The van der Waals surface area contributed by atoms with Crippen molar-refractivity contribution in [2.75, 3.05) is 4.90 Å². The first-order valence-corrected chi connectivity index (χ1v) is 15.9. The zero-order valence-electron chi connectivity index (χ0n) is 31.1. The van der Waals surface area contributed by atoms with Crippen LogP contribution >= 0.6 is 0 Å². The van der Waals surface area contributed by atoms with E-state index in [2.05, 4.69) is 68.4 Å². The monoisotopic (exact) mass is 608 g/mol. The van der Waals surface area contributed by atoms with Crippen LogP contribution in [-0.4, -0.2) is 0 Å². The van der Waals surface area contributed by atoms with Gasteiger partial charge in [-0.1, -0.05) is 129 Å². The molecule has 0 fully saturated rings. The number of anilines is 3. The summed E-state index contributed by atoms with van der Waals surface area (Å²) in [6.07, 6.45) is 0. The van der Waals surface area contributed by atoms with E-state index in [-0.39, 0.29) is 29.9 Å². The third-order valence-electron chi connectivity index (χ3n) is 9.58. The fraction of sp³-hybridized carbons (Fsp3) is 0.0667. The smallest absolute Gasteiger partial charge is 0.143 e. The standard InChI is InChI=1S/C45H33NO/c1-45(2)41-28-32(36-17-11-18-40-39-16-9-10-19-43(39)47-44(36)40)22-26-37(41)38-27-25-35(29-42(38)45)46(33-14-7-4-8-15-33)34-23-20-31(21-24-34)30-12-5-3-6-13-30/h3-29H,1-2H3/i4D,7D,8D,14D,15D. The molecule has 0 N–H and O–H groups in total. The number of para-hydroxylation sites is 3. The van der Waals surface area contributed by atoms with Crippen molar-refractivity contribution in [2.45, 2.75) is 19.3 Å². The summed E-state index contributed by atoms with van der Waals surface area (Å²) < 4.78 is 49.6. The van der Waals surface area contributed by atoms with Crippen LogP contribution in [0.1, 0.15) is 31.8 Å². The van der Waals surface area contributed by atoms with Crippen molar-refractivity contribution >= 4 is 39.0 Å². The first-order valence-electron chi connectivity index (χ1n) is 18.4. The Bertz CT molecular complexity index is 2690. The number of hydrogen-bond donors (Lipinski definition) is 0. The normalized spacial score (nSPS) is 14.6. The van der Waals surface area contributed by atoms with Crippen molar-refractivity contribution in [2.24, 2.45) is 0 Å². The van der Waals surface area contributed by atoms with E-state index < -0.39 is 11.5 Å². The first-order chi connectivity index (χ1) is 25.1. The minimum atomic E-state index is -0.419. The van der Waals surface area contributed by atoms with Gasteiger partial charge in [-0.15, -0.1) is 0 Å². The molecular formula is C45H33NO. The quantitative estimate of drug-likeness (QED) is 0.193. The second kappa shape index (κ2) is 10.6. The number of nitrogens with zero attached hydrogens (tertiary/aromatic N) is 1. The second-order valence-corrected chi connectivity index (χ2v) is 12.6. The Kier molecular flexibility index (Phi) is 5.10. The molecule has 0 radical (unpaired) electrons. The molecule has 1 aliphatic rings.